The smallest absolute Gasteiger partial charge is 0.335 e. The molecule has 6 rings (SSSR count). The average Bonchev–Trinajstić information content (AvgIpc) is 3.41. The molecule has 10 heteroatoms. The van der Waals surface area contributed by atoms with Gasteiger partial charge < -0.3 is 9.67 Å². The molecule has 1 heterocycles. The zero-order valence-electron chi connectivity index (χ0n) is 28.0. The van der Waals surface area contributed by atoms with Crippen LogP contribution in [0.5, 0.6) is 0 Å². The number of nitrogens with one attached hydrogen (secondary N) is 1. The van der Waals surface area contributed by atoms with Gasteiger partial charge in [-0.3, -0.25) is 0 Å². The lowest BCUT2D eigenvalue weighted by atomic mass is 9.97. The van der Waals surface area contributed by atoms with Crippen LogP contribution >= 0.6 is 23.2 Å². The quantitative estimate of drug-likeness (QED) is 0.116. The summed E-state index contributed by atoms with van der Waals surface area (Å²) in [5.74, 6) is -2.12. The molecule has 6 aromatic rings. The maximum absolute atomic E-state index is 14.7. The second-order valence-electron chi connectivity index (χ2n) is 12.6. The van der Waals surface area contributed by atoms with Gasteiger partial charge in [-0.15, -0.1) is 0 Å². The standard InChI is InChI=1S/C41H37Cl2FN2O4S/c1-27-35(37(44)21-20-36(27)43)26-51(49,50)45-24-23-39-33(14-8-9-28-15-17-31(18-16-28)41(47)48)34-25-32(42)19-22-38(34)46(39)40(29-10-4-2-5-11-29)30-12-6-3-7-13-30/h2-7,10-13,15-22,25,40,45H,8-9,14,23-24,26H2,1H3,(H,47,48). The lowest BCUT2D eigenvalue weighted by Gasteiger charge is -2.25. The van der Waals surface area contributed by atoms with Crippen LogP contribution in [0.15, 0.2) is 115 Å². The number of nitrogens with zero attached hydrogens (tertiary/aromatic N) is 1. The predicted molar refractivity (Wildman–Crippen MR) is 203 cm³/mol. The maximum Gasteiger partial charge on any atom is 0.335 e. The third kappa shape index (κ3) is 8.37. The third-order valence-electron chi connectivity index (χ3n) is 9.26. The van der Waals surface area contributed by atoms with E-state index in [-0.39, 0.29) is 23.7 Å². The van der Waals surface area contributed by atoms with Gasteiger partial charge in [-0.2, -0.15) is 0 Å². The van der Waals surface area contributed by atoms with Crippen LogP contribution in [0.3, 0.4) is 0 Å². The molecule has 5 aromatic carbocycles. The number of aromatic carboxylic acids is 1. The van der Waals surface area contributed by atoms with E-state index in [1.807, 2.05) is 66.7 Å². The first kappa shape index (κ1) is 36.3. The van der Waals surface area contributed by atoms with E-state index in [1.54, 1.807) is 19.1 Å². The van der Waals surface area contributed by atoms with E-state index in [4.69, 9.17) is 23.2 Å². The zero-order valence-corrected chi connectivity index (χ0v) is 30.3. The van der Waals surface area contributed by atoms with E-state index < -0.39 is 27.6 Å². The number of carbonyl (C=O) groups is 1. The van der Waals surface area contributed by atoms with Gasteiger partial charge >= 0.3 is 5.97 Å². The molecule has 0 spiro atoms. The Morgan fingerprint density at radius 3 is 2.10 bits per heavy atom. The molecule has 0 unspecified atom stereocenters. The number of hydrogen-bond donors (Lipinski definition) is 2. The number of aryl methyl sites for hydroxylation is 2. The molecule has 0 saturated carbocycles. The van der Waals surface area contributed by atoms with Gasteiger partial charge in [-0.1, -0.05) is 96.0 Å². The second kappa shape index (κ2) is 15.8. The van der Waals surface area contributed by atoms with Crippen molar-refractivity contribution < 1.29 is 22.7 Å². The van der Waals surface area contributed by atoms with Gasteiger partial charge in [0.05, 0.1) is 17.4 Å². The monoisotopic (exact) mass is 742 g/mol. The van der Waals surface area contributed by atoms with E-state index in [9.17, 15) is 22.7 Å². The van der Waals surface area contributed by atoms with Crippen LogP contribution in [0.25, 0.3) is 10.9 Å². The van der Waals surface area contributed by atoms with Gasteiger partial charge in [0.25, 0.3) is 0 Å². The Labute approximate surface area is 307 Å². The molecule has 0 saturated heterocycles. The number of rotatable bonds is 14. The van der Waals surface area contributed by atoms with Crippen LogP contribution in [0, 0.1) is 12.7 Å². The Hall–Kier alpha value is -4.47. The lowest BCUT2D eigenvalue weighted by molar-refractivity contribution is 0.0697. The van der Waals surface area contributed by atoms with Gasteiger partial charge in [0.15, 0.2) is 0 Å². The molecule has 0 aliphatic rings. The molecule has 0 bridgehead atoms. The first-order valence-electron chi connectivity index (χ1n) is 16.7. The molecule has 0 fully saturated rings. The van der Waals surface area contributed by atoms with Crippen molar-refractivity contribution in [1.82, 2.24) is 9.29 Å². The topological polar surface area (TPSA) is 88.4 Å². The highest BCUT2D eigenvalue weighted by Gasteiger charge is 2.26. The normalized spacial score (nSPS) is 11.8. The summed E-state index contributed by atoms with van der Waals surface area (Å²) in [6.45, 7) is 1.69. The number of sulfonamides is 1. The fourth-order valence-corrected chi connectivity index (χ4v) is 8.33. The number of carboxylic acid groups (broad SMARTS) is 1. The van der Waals surface area contributed by atoms with Gasteiger partial charge in [-0.05, 0) is 96.5 Å². The Kier molecular flexibility index (Phi) is 11.3. The summed E-state index contributed by atoms with van der Waals surface area (Å²) >= 11 is 12.8. The second-order valence-corrected chi connectivity index (χ2v) is 15.2. The van der Waals surface area contributed by atoms with Crippen molar-refractivity contribution in [1.29, 1.82) is 0 Å². The van der Waals surface area contributed by atoms with Crippen molar-refractivity contribution in [2.24, 2.45) is 0 Å². The van der Waals surface area contributed by atoms with Gasteiger partial charge in [0.2, 0.25) is 10.0 Å². The number of halogens is 3. The molecule has 6 nitrogen and oxygen atoms in total. The molecule has 262 valence electrons. The van der Waals surface area contributed by atoms with E-state index in [0.29, 0.717) is 34.9 Å². The van der Waals surface area contributed by atoms with Crippen molar-refractivity contribution in [2.45, 2.75) is 44.4 Å². The summed E-state index contributed by atoms with van der Waals surface area (Å²) in [6, 6.07) is 35.5. The first-order chi connectivity index (χ1) is 24.5. The highest BCUT2D eigenvalue weighted by molar-refractivity contribution is 7.88. The Morgan fingerprint density at radius 2 is 1.47 bits per heavy atom. The first-order valence-corrected chi connectivity index (χ1v) is 19.1. The highest BCUT2D eigenvalue weighted by Crippen LogP contribution is 2.38. The summed E-state index contributed by atoms with van der Waals surface area (Å²) < 4.78 is 46.5. The predicted octanol–water partition coefficient (Wildman–Crippen LogP) is 9.57. The van der Waals surface area contributed by atoms with Crippen molar-refractivity contribution in [2.75, 3.05) is 6.54 Å². The van der Waals surface area contributed by atoms with E-state index in [2.05, 4.69) is 33.6 Å². The van der Waals surface area contributed by atoms with E-state index in [1.165, 1.54) is 12.1 Å². The Balaban J connectivity index is 1.40. The van der Waals surface area contributed by atoms with E-state index >= 15 is 0 Å². The molecule has 0 radical (unpaired) electrons. The molecule has 0 aliphatic carbocycles. The minimum Gasteiger partial charge on any atom is -0.478 e. The van der Waals surface area contributed by atoms with Crippen molar-refractivity contribution in [3.63, 3.8) is 0 Å². The summed E-state index contributed by atoms with van der Waals surface area (Å²) in [5.41, 5.74) is 6.81. The lowest BCUT2D eigenvalue weighted by Crippen LogP contribution is -2.29. The van der Waals surface area contributed by atoms with Crippen molar-refractivity contribution in [3.8, 4) is 0 Å². The van der Waals surface area contributed by atoms with Gasteiger partial charge in [-0.25, -0.2) is 22.3 Å². The van der Waals surface area contributed by atoms with Gasteiger partial charge in [0.1, 0.15) is 5.82 Å². The summed E-state index contributed by atoms with van der Waals surface area (Å²) in [5, 5.41) is 11.2. The summed E-state index contributed by atoms with van der Waals surface area (Å²) in [4.78, 5) is 11.4. The number of aromatic nitrogens is 1. The SMILES string of the molecule is Cc1c(Cl)ccc(F)c1CS(=O)(=O)NCCc1c(CCCc2ccc(C(=O)O)cc2)c2cc(Cl)ccc2n1C(c1ccccc1)c1ccccc1. The number of benzene rings is 5. The number of fused-ring (bicyclic) bond motifs is 1. The number of hydrogen-bond acceptors (Lipinski definition) is 3. The minimum atomic E-state index is -3.94. The number of carboxylic acids is 1. The van der Waals surface area contributed by atoms with Crippen LogP contribution in [0.1, 0.15) is 61.9 Å². The van der Waals surface area contributed by atoms with Crippen LogP contribution in [-0.4, -0.2) is 30.6 Å². The van der Waals surface area contributed by atoms with Crippen molar-refractivity contribution >= 4 is 50.1 Å². The van der Waals surface area contributed by atoms with Crippen LogP contribution in [0.4, 0.5) is 4.39 Å². The molecule has 1 aromatic heterocycles. The maximum atomic E-state index is 14.7. The highest BCUT2D eigenvalue weighted by atomic mass is 35.5. The molecule has 0 amide bonds. The molecule has 0 atom stereocenters. The largest absolute Gasteiger partial charge is 0.478 e. The fraction of sp³-hybridized carbons (Fsp3) is 0.195. The Morgan fingerprint density at radius 1 is 0.824 bits per heavy atom. The minimum absolute atomic E-state index is 0.0454. The van der Waals surface area contributed by atoms with Gasteiger partial charge in [0, 0.05) is 45.2 Å². The van der Waals surface area contributed by atoms with Crippen LogP contribution in [-0.2, 0) is 35.0 Å². The average molecular weight is 744 g/mol. The Bertz CT molecular complexity index is 2240. The van der Waals surface area contributed by atoms with Crippen molar-refractivity contribution in [3.05, 3.63) is 176 Å². The molecular formula is C41H37Cl2FN2O4S. The van der Waals surface area contributed by atoms with E-state index in [0.717, 1.165) is 45.3 Å². The molecule has 51 heavy (non-hydrogen) atoms. The van der Waals surface area contributed by atoms with Crippen LogP contribution in [0.2, 0.25) is 10.0 Å². The fourth-order valence-electron chi connectivity index (χ4n) is 6.73. The molecule has 0 aliphatic heterocycles. The summed E-state index contributed by atoms with van der Waals surface area (Å²) in [6.07, 6.45) is 2.48. The molecule has 2 N–H and O–H groups in total. The zero-order chi connectivity index (χ0) is 36.1. The third-order valence-corrected chi connectivity index (χ3v) is 11.2. The summed E-state index contributed by atoms with van der Waals surface area (Å²) in [7, 11) is -3.94. The van der Waals surface area contributed by atoms with Crippen LogP contribution < -0.4 is 4.72 Å². The molecular weight excluding hydrogens is 706 g/mol.